The topological polar surface area (TPSA) is 84.5 Å². The number of allylic oxidation sites excluding steroid dienone is 2. The Morgan fingerprint density at radius 3 is 2.28 bits per heavy atom. The molecule has 2 N–H and O–H groups in total. The lowest BCUT2D eigenvalue weighted by molar-refractivity contribution is -0.115. The minimum absolute atomic E-state index is 0.0223. The molecule has 0 aliphatic heterocycles. The highest BCUT2D eigenvalue weighted by molar-refractivity contribution is 7.89. The molecule has 154 valence electrons. The number of ketones is 1. The van der Waals surface area contributed by atoms with E-state index in [0.717, 1.165) is 16.9 Å². The van der Waals surface area contributed by atoms with Crippen LogP contribution >= 0.6 is 23.2 Å². The second kappa shape index (κ2) is 8.75. The molecule has 0 heterocycles. The van der Waals surface area contributed by atoms with Gasteiger partial charge in [0.2, 0.25) is 0 Å². The van der Waals surface area contributed by atoms with Crippen molar-refractivity contribution in [2.45, 2.75) is 30.6 Å². The first-order chi connectivity index (χ1) is 13.7. The minimum atomic E-state index is -4.04. The van der Waals surface area contributed by atoms with Crippen molar-refractivity contribution in [2.24, 2.45) is 0 Å². The van der Waals surface area contributed by atoms with Gasteiger partial charge in [-0.2, -0.15) is 0 Å². The Bertz CT molecular complexity index is 1040. The number of aryl methyl sites for hydroxylation is 1. The van der Waals surface area contributed by atoms with Gasteiger partial charge in [-0.1, -0.05) is 35.3 Å². The van der Waals surface area contributed by atoms with E-state index in [2.05, 4.69) is 10.3 Å². The molecule has 29 heavy (non-hydrogen) atoms. The number of hydrogen-bond donors (Lipinski definition) is 2. The number of benzene rings is 2. The van der Waals surface area contributed by atoms with Crippen LogP contribution in [-0.2, 0) is 14.8 Å². The van der Waals surface area contributed by atoms with Crippen LogP contribution in [0.5, 0.6) is 5.75 Å². The highest BCUT2D eigenvalue weighted by Crippen LogP contribution is 2.32. The van der Waals surface area contributed by atoms with Gasteiger partial charge in [0.25, 0.3) is 10.0 Å². The number of halogens is 2. The zero-order valence-electron chi connectivity index (χ0n) is 15.8. The van der Waals surface area contributed by atoms with Gasteiger partial charge in [0, 0.05) is 18.2 Å². The first-order valence-corrected chi connectivity index (χ1v) is 11.0. The first-order valence-electron chi connectivity index (χ1n) is 8.80. The number of carbonyl (C=O) groups excluding carboxylic acids is 1. The monoisotopic (exact) mass is 454 g/mol. The van der Waals surface area contributed by atoms with Crippen LogP contribution in [0.2, 0.25) is 10.0 Å². The number of hydrogen-bond acceptors (Lipinski definition) is 5. The van der Waals surface area contributed by atoms with Crippen LogP contribution in [-0.4, -0.2) is 21.3 Å². The van der Waals surface area contributed by atoms with E-state index >= 15 is 0 Å². The molecule has 1 aliphatic rings. The molecule has 0 aromatic heterocycles. The summed E-state index contributed by atoms with van der Waals surface area (Å²) in [7, 11) is -2.45. The van der Waals surface area contributed by atoms with E-state index in [0.29, 0.717) is 18.5 Å². The van der Waals surface area contributed by atoms with Crippen molar-refractivity contribution >= 4 is 39.0 Å². The van der Waals surface area contributed by atoms with Crippen LogP contribution in [0, 0.1) is 6.92 Å². The number of ether oxygens (including phenoxy) is 1. The fourth-order valence-corrected chi connectivity index (χ4v) is 5.42. The standard InChI is InChI=1S/C20H20Cl2N2O4S/c1-12-7-18(21)20(19(22)8-12)29(26,27)24-23-15-9-14(10-16(25)11-15)13-3-5-17(28-2)6-4-13/h3-8,11,14,23-24H,9-10H2,1-2H3/t14-/m0/s1. The van der Waals surface area contributed by atoms with Crippen LogP contribution in [0.3, 0.4) is 0 Å². The van der Waals surface area contributed by atoms with Gasteiger partial charge in [0.05, 0.1) is 17.2 Å². The lowest BCUT2D eigenvalue weighted by Gasteiger charge is -2.24. The van der Waals surface area contributed by atoms with Crippen molar-refractivity contribution in [3.05, 3.63) is 69.3 Å². The zero-order valence-corrected chi connectivity index (χ0v) is 18.2. The minimum Gasteiger partial charge on any atom is -0.497 e. The summed E-state index contributed by atoms with van der Waals surface area (Å²) in [6.07, 6.45) is 2.22. The van der Waals surface area contributed by atoms with Gasteiger partial charge in [-0.3, -0.25) is 4.79 Å². The van der Waals surface area contributed by atoms with Crippen LogP contribution in [0.4, 0.5) is 0 Å². The van der Waals surface area contributed by atoms with Crippen molar-refractivity contribution in [3.63, 3.8) is 0 Å². The van der Waals surface area contributed by atoms with Crippen molar-refractivity contribution in [1.29, 1.82) is 0 Å². The summed E-state index contributed by atoms with van der Waals surface area (Å²) in [4.78, 5) is 14.2. The Labute approximate surface area is 179 Å². The summed E-state index contributed by atoms with van der Waals surface area (Å²) < 4.78 is 30.5. The maximum atomic E-state index is 12.7. The molecule has 0 saturated heterocycles. The average Bonchev–Trinajstić information content (AvgIpc) is 2.65. The van der Waals surface area contributed by atoms with Gasteiger partial charge >= 0.3 is 0 Å². The lowest BCUT2D eigenvalue weighted by Crippen LogP contribution is -2.38. The maximum absolute atomic E-state index is 12.7. The van der Waals surface area contributed by atoms with Gasteiger partial charge in [-0.25, -0.2) is 8.42 Å². The summed E-state index contributed by atoms with van der Waals surface area (Å²) in [6.45, 7) is 1.76. The fourth-order valence-electron chi connectivity index (χ4n) is 3.22. The molecule has 0 bridgehead atoms. The van der Waals surface area contributed by atoms with E-state index in [1.165, 1.54) is 18.2 Å². The number of hydrazine groups is 1. The first kappa shape index (κ1) is 21.6. The van der Waals surface area contributed by atoms with E-state index in [1.54, 1.807) is 14.0 Å². The Morgan fingerprint density at radius 2 is 1.69 bits per heavy atom. The predicted octanol–water partition coefficient (Wildman–Crippen LogP) is 4.12. The molecule has 0 saturated carbocycles. The predicted molar refractivity (Wildman–Crippen MR) is 113 cm³/mol. The average molecular weight is 455 g/mol. The summed E-state index contributed by atoms with van der Waals surface area (Å²) in [5.74, 6) is 0.562. The van der Waals surface area contributed by atoms with E-state index in [9.17, 15) is 13.2 Å². The number of rotatable bonds is 6. The fraction of sp³-hybridized carbons (Fsp3) is 0.250. The van der Waals surface area contributed by atoms with E-state index < -0.39 is 10.0 Å². The third-order valence-electron chi connectivity index (χ3n) is 4.59. The van der Waals surface area contributed by atoms with Crippen molar-refractivity contribution in [1.82, 2.24) is 10.3 Å². The number of carbonyl (C=O) groups is 1. The molecule has 0 fully saturated rings. The van der Waals surface area contributed by atoms with Crippen molar-refractivity contribution < 1.29 is 17.9 Å². The maximum Gasteiger partial charge on any atom is 0.260 e. The molecule has 0 spiro atoms. The second-order valence-corrected chi connectivity index (χ2v) is 9.24. The normalized spacial score (nSPS) is 17.0. The highest BCUT2D eigenvalue weighted by atomic mass is 35.5. The van der Waals surface area contributed by atoms with Gasteiger partial charge in [-0.15, -0.1) is 4.83 Å². The summed E-state index contributed by atoms with van der Waals surface area (Å²) in [6, 6.07) is 10.5. The smallest absolute Gasteiger partial charge is 0.260 e. The zero-order chi connectivity index (χ0) is 21.2. The molecule has 6 nitrogen and oxygen atoms in total. The number of methoxy groups -OCH3 is 1. The summed E-state index contributed by atoms with van der Waals surface area (Å²) in [5, 5.41) is 0.0446. The largest absolute Gasteiger partial charge is 0.497 e. The molecular weight excluding hydrogens is 435 g/mol. The van der Waals surface area contributed by atoms with Gasteiger partial charge in [-0.05, 0) is 54.7 Å². The van der Waals surface area contributed by atoms with Crippen molar-refractivity contribution in [3.8, 4) is 5.75 Å². The number of sulfonamides is 1. The molecular formula is C20H20Cl2N2O4S. The van der Waals surface area contributed by atoms with Crippen LogP contribution < -0.4 is 15.0 Å². The van der Waals surface area contributed by atoms with Crippen molar-refractivity contribution in [2.75, 3.05) is 7.11 Å². The van der Waals surface area contributed by atoms with E-state index in [-0.39, 0.29) is 26.6 Å². The van der Waals surface area contributed by atoms with Crippen LogP contribution in [0.25, 0.3) is 0 Å². The molecule has 0 unspecified atom stereocenters. The molecule has 0 amide bonds. The Hall–Kier alpha value is -2.06. The lowest BCUT2D eigenvalue weighted by atomic mass is 9.85. The highest BCUT2D eigenvalue weighted by Gasteiger charge is 2.25. The third-order valence-corrected chi connectivity index (χ3v) is 6.76. The van der Waals surface area contributed by atoms with Gasteiger partial charge in [0.1, 0.15) is 10.6 Å². The molecule has 9 heteroatoms. The summed E-state index contributed by atoms with van der Waals surface area (Å²) >= 11 is 12.2. The molecule has 2 aromatic carbocycles. The molecule has 3 rings (SSSR count). The van der Waals surface area contributed by atoms with Gasteiger partial charge in [0.15, 0.2) is 5.78 Å². The van der Waals surface area contributed by atoms with Crippen LogP contribution in [0.1, 0.15) is 29.9 Å². The molecule has 1 atom stereocenters. The molecule has 2 aromatic rings. The quantitative estimate of drug-likeness (QED) is 0.641. The summed E-state index contributed by atoms with van der Waals surface area (Å²) in [5.41, 5.74) is 4.82. The Kier molecular flexibility index (Phi) is 6.53. The van der Waals surface area contributed by atoms with Gasteiger partial charge < -0.3 is 10.2 Å². The molecule has 1 aliphatic carbocycles. The number of nitrogens with one attached hydrogen (secondary N) is 2. The second-order valence-electron chi connectivity index (χ2n) is 6.80. The van der Waals surface area contributed by atoms with Crippen LogP contribution in [0.15, 0.2) is 53.1 Å². The van der Waals surface area contributed by atoms with E-state index in [4.69, 9.17) is 27.9 Å². The third kappa shape index (κ3) is 5.11. The molecule has 0 radical (unpaired) electrons. The Balaban J connectivity index is 1.75. The SMILES string of the molecule is COc1ccc([C@@H]2CC(=O)C=C(NNS(=O)(=O)c3c(Cl)cc(C)cc3Cl)C2)cc1. The van der Waals surface area contributed by atoms with E-state index in [1.807, 2.05) is 24.3 Å². The Morgan fingerprint density at radius 1 is 1.07 bits per heavy atom.